The Bertz CT molecular complexity index is 472. The fourth-order valence-electron chi connectivity index (χ4n) is 1.66. The van der Waals surface area contributed by atoms with Gasteiger partial charge in [0, 0.05) is 12.1 Å². The zero-order valence-electron chi connectivity index (χ0n) is 12.2. The number of hydrogen-bond acceptors (Lipinski definition) is 4. The first kappa shape index (κ1) is 16.2. The van der Waals surface area contributed by atoms with E-state index in [0.717, 1.165) is 0 Å². The van der Waals surface area contributed by atoms with Crippen LogP contribution in [0.5, 0.6) is 5.75 Å². The van der Waals surface area contributed by atoms with Gasteiger partial charge in [-0.3, -0.25) is 0 Å². The quantitative estimate of drug-likeness (QED) is 0.890. The smallest absolute Gasteiger partial charge is 0.407 e. The molecule has 1 unspecified atom stereocenters. The lowest BCUT2D eigenvalue weighted by molar-refractivity contribution is 0.0524. The van der Waals surface area contributed by atoms with Gasteiger partial charge in [-0.05, 0) is 32.9 Å². The molecular weight excluding hydrogens is 263 g/mol. The highest BCUT2D eigenvalue weighted by Crippen LogP contribution is 2.26. The van der Waals surface area contributed by atoms with Crippen LogP contribution < -0.4 is 15.8 Å². The molecule has 0 spiro atoms. The van der Waals surface area contributed by atoms with Crippen molar-refractivity contribution in [3.05, 3.63) is 29.6 Å². The van der Waals surface area contributed by atoms with Gasteiger partial charge >= 0.3 is 6.09 Å². The molecule has 0 bridgehead atoms. The summed E-state index contributed by atoms with van der Waals surface area (Å²) in [6.07, 6.45) is -0.594. The molecule has 1 rings (SSSR count). The van der Waals surface area contributed by atoms with Crippen LogP contribution in [0.4, 0.5) is 9.18 Å². The number of methoxy groups -OCH3 is 1. The van der Waals surface area contributed by atoms with E-state index in [1.807, 2.05) is 0 Å². The molecule has 1 atom stereocenters. The van der Waals surface area contributed by atoms with Gasteiger partial charge in [0.15, 0.2) is 0 Å². The number of amides is 1. The van der Waals surface area contributed by atoms with Crippen molar-refractivity contribution < 1.29 is 18.7 Å². The molecule has 0 aliphatic carbocycles. The fraction of sp³-hybridized carbons (Fsp3) is 0.500. The Labute approximate surface area is 118 Å². The van der Waals surface area contributed by atoms with Gasteiger partial charge < -0.3 is 20.5 Å². The maximum Gasteiger partial charge on any atom is 0.407 e. The maximum absolute atomic E-state index is 13.8. The summed E-state index contributed by atoms with van der Waals surface area (Å²) in [5, 5.41) is 2.51. The van der Waals surface area contributed by atoms with E-state index in [1.54, 1.807) is 26.8 Å². The standard InChI is InChI=1S/C14H21FN2O3/c1-14(2,3)20-13(18)17-8-10(16)12-9(15)6-5-7-11(12)19-4/h5-7,10H,8,16H2,1-4H3,(H,17,18). The van der Waals surface area contributed by atoms with E-state index >= 15 is 0 Å². The maximum atomic E-state index is 13.8. The van der Waals surface area contributed by atoms with Crippen molar-refractivity contribution in [2.75, 3.05) is 13.7 Å². The number of nitrogens with two attached hydrogens (primary N) is 1. The van der Waals surface area contributed by atoms with Gasteiger partial charge in [-0.1, -0.05) is 6.07 Å². The van der Waals surface area contributed by atoms with E-state index in [0.29, 0.717) is 5.75 Å². The topological polar surface area (TPSA) is 73.6 Å². The third-order valence-electron chi connectivity index (χ3n) is 2.47. The first-order valence-corrected chi connectivity index (χ1v) is 6.29. The van der Waals surface area contributed by atoms with Gasteiger partial charge in [-0.25, -0.2) is 9.18 Å². The Balaban J connectivity index is 2.68. The van der Waals surface area contributed by atoms with Crippen molar-refractivity contribution >= 4 is 6.09 Å². The Morgan fingerprint density at radius 1 is 1.45 bits per heavy atom. The van der Waals surface area contributed by atoms with Crippen molar-refractivity contribution in [1.29, 1.82) is 0 Å². The van der Waals surface area contributed by atoms with Gasteiger partial charge in [0.05, 0.1) is 13.2 Å². The summed E-state index contributed by atoms with van der Waals surface area (Å²) in [5.74, 6) is -0.119. The molecule has 0 aromatic heterocycles. The number of alkyl carbamates (subject to hydrolysis) is 1. The van der Waals surface area contributed by atoms with Gasteiger partial charge in [0.25, 0.3) is 0 Å². The average molecular weight is 284 g/mol. The average Bonchev–Trinajstić information content (AvgIpc) is 2.33. The van der Waals surface area contributed by atoms with Crippen molar-refractivity contribution in [1.82, 2.24) is 5.32 Å². The summed E-state index contributed by atoms with van der Waals surface area (Å²) < 4.78 is 23.9. The van der Waals surface area contributed by atoms with Crippen molar-refractivity contribution in [3.8, 4) is 5.75 Å². The van der Waals surface area contributed by atoms with E-state index in [-0.39, 0.29) is 12.1 Å². The highest BCUT2D eigenvalue weighted by Gasteiger charge is 2.20. The second-order valence-corrected chi connectivity index (χ2v) is 5.35. The minimum absolute atomic E-state index is 0.0478. The number of benzene rings is 1. The van der Waals surface area contributed by atoms with Crippen molar-refractivity contribution in [2.45, 2.75) is 32.4 Å². The molecule has 1 aromatic carbocycles. The largest absolute Gasteiger partial charge is 0.496 e. The van der Waals surface area contributed by atoms with Crippen LogP contribution in [0.1, 0.15) is 32.4 Å². The molecule has 0 aliphatic heterocycles. The first-order valence-electron chi connectivity index (χ1n) is 6.29. The molecule has 0 saturated heterocycles. The molecule has 0 fully saturated rings. The number of rotatable bonds is 4. The van der Waals surface area contributed by atoms with Crippen LogP contribution in [0.25, 0.3) is 0 Å². The highest BCUT2D eigenvalue weighted by molar-refractivity contribution is 5.67. The monoisotopic (exact) mass is 284 g/mol. The fourth-order valence-corrected chi connectivity index (χ4v) is 1.66. The minimum Gasteiger partial charge on any atom is -0.496 e. The zero-order valence-corrected chi connectivity index (χ0v) is 12.2. The van der Waals surface area contributed by atoms with E-state index in [9.17, 15) is 9.18 Å². The number of carbonyl (C=O) groups excluding carboxylic acids is 1. The van der Waals surface area contributed by atoms with E-state index < -0.39 is 23.6 Å². The molecule has 20 heavy (non-hydrogen) atoms. The summed E-state index contributed by atoms with van der Waals surface area (Å²) in [7, 11) is 1.44. The molecule has 3 N–H and O–H groups in total. The summed E-state index contributed by atoms with van der Waals surface area (Å²) in [5.41, 5.74) is 5.53. The normalized spacial score (nSPS) is 12.7. The lowest BCUT2D eigenvalue weighted by Crippen LogP contribution is -2.36. The summed E-state index contributed by atoms with van der Waals surface area (Å²) in [4.78, 5) is 11.5. The van der Waals surface area contributed by atoms with Crippen molar-refractivity contribution in [3.63, 3.8) is 0 Å². The van der Waals surface area contributed by atoms with E-state index in [1.165, 1.54) is 19.2 Å². The van der Waals surface area contributed by atoms with Crippen LogP contribution in [0, 0.1) is 5.82 Å². The second kappa shape index (κ2) is 6.56. The van der Waals surface area contributed by atoms with E-state index in [2.05, 4.69) is 5.32 Å². The molecule has 6 heteroatoms. The number of carbonyl (C=O) groups is 1. The number of ether oxygens (including phenoxy) is 2. The number of hydrogen-bond donors (Lipinski definition) is 2. The summed E-state index contributed by atoms with van der Waals surface area (Å²) >= 11 is 0. The molecule has 0 heterocycles. The minimum atomic E-state index is -0.723. The molecule has 1 aromatic rings. The zero-order chi connectivity index (χ0) is 15.3. The lowest BCUT2D eigenvalue weighted by Gasteiger charge is -2.21. The Kier molecular flexibility index (Phi) is 5.33. The molecule has 0 radical (unpaired) electrons. The van der Waals surface area contributed by atoms with Gasteiger partial charge in [0.1, 0.15) is 17.2 Å². The first-order chi connectivity index (χ1) is 9.24. The number of halogens is 1. The van der Waals surface area contributed by atoms with Crippen LogP contribution in [0.3, 0.4) is 0 Å². The Morgan fingerprint density at radius 3 is 2.65 bits per heavy atom. The highest BCUT2D eigenvalue weighted by atomic mass is 19.1. The predicted molar refractivity (Wildman–Crippen MR) is 74.1 cm³/mol. The molecular formula is C14H21FN2O3. The molecule has 0 saturated carbocycles. The Hall–Kier alpha value is -1.82. The van der Waals surface area contributed by atoms with Crippen LogP contribution in [0.2, 0.25) is 0 Å². The Morgan fingerprint density at radius 2 is 2.10 bits per heavy atom. The molecule has 5 nitrogen and oxygen atoms in total. The van der Waals surface area contributed by atoms with Gasteiger partial charge in [0.2, 0.25) is 0 Å². The third-order valence-corrected chi connectivity index (χ3v) is 2.47. The summed E-state index contributed by atoms with van der Waals surface area (Å²) in [6.45, 7) is 5.32. The lowest BCUT2D eigenvalue weighted by atomic mass is 10.1. The molecule has 1 amide bonds. The SMILES string of the molecule is COc1cccc(F)c1C(N)CNC(=O)OC(C)(C)C. The summed E-state index contributed by atoms with van der Waals surface area (Å²) in [6, 6.07) is 3.72. The molecule has 0 aliphatic rings. The van der Waals surface area contributed by atoms with Crippen molar-refractivity contribution in [2.24, 2.45) is 5.73 Å². The number of nitrogens with one attached hydrogen (secondary N) is 1. The van der Waals surface area contributed by atoms with E-state index in [4.69, 9.17) is 15.2 Å². The van der Waals surface area contributed by atoms with Crippen LogP contribution in [-0.2, 0) is 4.74 Å². The van der Waals surface area contributed by atoms with Crippen LogP contribution >= 0.6 is 0 Å². The molecule has 112 valence electrons. The second-order valence-electron chi connectivity index (χ2n) is 5.35. The van der Waals surface area contributed by atoms with Crippen LogP contribution in [0.15, 0.2) is 18.2 Å². The van der Waals surface area contributed by atoms with Gasteiger partial charge in [-0.15, -0.1) is 0 Å². The van der Waals surface area contributed by atoms with Crippen LogP contribution in [-0.4, -0.2) is 25.3 Å². The van der Waals surface area contributed by atoms with Gasteiger partial charge in [-0.2, -0.15) is 0 Å². The third kappa shape index (κ3) is 4.70. The predicted octanol–water partition coefficient (Wildman–Crippen LogP) is 2.36.